The summed E-state index contributed by atoms with van der Waals surface area (Å²) in [6.45, 7) is 7.02. The molecule has 0 saturated carbocycles. The molecule has 0 aromatic heterocycles. The molecular formula is C16H26N2O. The lowest BCUT2D eigenvalue weighted by molar-refractivity contribution is 0.0789. The van der Waals surface area contributed by atoms with E-state index in [1.54, 1.807) is 4.90 Å². The summed E-state index contributed by atoms with van der Waals surface area (Å²) in [5.41, 5.74) is 8.00. The Morgan fingerprint density at radius 3 is 2.32 bits per heavy atom. The summed E-state index contributed by atoms with van der Waals surface area (Å²) >= 11 is 0. The van der Waals surface area contributed by atoms with Crippen LogP contribution >= 0.6 is 0 Å². The molecule has 1 aromatic carbocycles. The van der Waals surface area contributed by atoms with Crippen LogP contribution in [0.4, 0.5) is 0 Å². The van der Waals surface area contributed by atoms with Gasteiger partial charge in [0, 0.05) is 25.2 Å². The minimum absolute atomic E-state index is 0.0682. The molecule has 0 fully saturated rings. The monoisotopic (exact) mass is 262 g/mol. The van der Waals surface area contributed by atoms with E-state index in [2.05, 4.69) is 20.8 Å². The van der Waals surface area contributed by atoms with Gasteiger partial charge in [-0.1, -0.05) is 32.9 Å². The van der Waals surface area contributed by atoms with Crippen LogP contribution in [0, 0.1) is 5.92 Å². The van der Waals surface area contributed by atoms with E-state index >= 15 is 0 Å². The predicted molar refractivity (Wildman–Crippen MR) is 80.2 cm³/mol. The zero-order valence-electron chi connectivity index (χ0n) is 12.5. The van der Waals surface area contributed by atoms with Crippen molar-refractivity contribution in [2.45, 2.75) is 39.7 Å². The molecular weight excluding hydrogens is 236 g/mol. The van der Waals surface area contributed by atoms with Crippen molar-refractivity contribution in [3.05, 3.63) is 35.4 Å². The van der Waals surface area contributed by atoms with Gasteiger partial charge in [-0.2, -0.15) is 0 Å². The fourth-order valence-corrected chi connectivity index (χ4v) is 1.88. The first-order valence-corrected chi connectivity index (χ1v) is 7.05. The van der Waals surface area contributed by atoms with Crippen molar-refractivity contribution in [1.29, 1.82) is 0 Å². The summed E-state index contributed by atoms with van der Waals surface area (Å²) in [7, 11) is 1.84. The fourth-order valence-electron chi connectivity index (χ4n) is 1.88. The smallest absolute Gasteiger partial charge is 0.253 e. The molecule has 0 aliphatic carbocycles. The highest BCUT2D eigenvalue weighted by Crippen LogP contribution is 2.09. The first-order valence-electron chi connectivity index (χ1n) is 7.05. The summed E-state index contributed by atoms with van der Waals surface area (Å²) < 4.78 is 0. The van der Waals surface area contributed by atoms with E-state index in [9.17, 15) is 4.79 Å². The van der Waals surface area contributed by atoms with Crippen molar-refractivity contribution in [1.82, 2.24) is 4.90 Å². The molecule has 19 heavy (non-hydrogen) atoms. The highest BCUT2D eigenvalue weighted by atomic mass is 16.2. The van der Waals surface area contributed by atoms with Gasteiger partial charge in [-0.05, 0) is 36.5 Å². The van der Waals surface area contributed by atoms with Gasteiger partial charge in [0.25, 0.3) is 5.91 Å². The zero-order chi connectivity index (χ0) is 14.4. The molecule has 0 saturated heterocycles. The van der Waals surface area contributed by atoms with E-state index in [0.717, 1.165) is 18.4 Å². The molecule has 1 rings (SSSR count). The lowest BCUT2D eigenvalue weighted by Crippen LogP contribution is -2.34. The van der Waals surface area contributed by atoms with Gasteiger partial charge in [0.15, 0.2) is 0 Å². The van der Waals surface area contributed by atoms with Gasteiger partial charge in [0.05, 0.1) is 0 Å². The Kier molecular flexibility index (Phi) is 6.03. The lowest BCUT2D eigenvalue weighted by Gasteiger charge is -2.21. The van der Waals surface area contributed by atoms with Gasteiger partial charge >= 0.3 is 0 Å². The standard InChI is InChI=1S/C16H26N2O/c1-5-13-6-8-14(9-7-13)16(19)18(4)11-10-15(17)12(2)3/h6-9,12,15H,5,10-11,17H2,1-4H3. The first kappa shape index (κ1) is 15.7. The van der Waals surface area contributed by atoms with Crippen LogP contribution in [-0.2, 0) is 6.42 Å². The average molecular weight is 262 g/mol. The molecule has 3 heteroatoms. The van der Waals surface area contributed by atoms with Crippen LogP contribution in [0.15, 0.2) is 24.3 Å². The molecule has 1 atom stereocenters. The van der Waals surface area contributed by atoms with Gasteiger partial charge in [0.1, 0.15) is 0 Å². The van der Waals surface area contributed by atoms with E-state index in [1.807, 2.05) is 31.3 Å². The SMILES string of the molecule is CCc1ccc(C(=O)N(C)CCC(N)C(C)C)cc1. The Bertz CT molecular complexity index is 398. The Morgan fingerprint density at radius 1 is 1.26 bits per heavy atom. The maximum atomic E-state index is 12.2. The van der Waals surface area contributed by atoms with Crippen molar-refractivity contribution >= 4 is 5.91 Å². The predicted octanol–water partition coefficient (Wildman–Crippen LogP) is 2.69. The first-order chi connectivity index (χ1) is 8.95. The molecule has 106 valence electrons. The maximum Gasteiger partial charge on any atom is 0.253 e. The fraction of sp³-hybridized carbons (Fsp3) is 0.562. The Balaban J connectivity index is 2.56. The van der Waals surface area contributed by atoms with Crippen molar-refractivity contribution in [2.24, 2.45) is 11.7 Å². The average Bonchev–Trinajstić information content (AvgIpc) is 2.43. The number of carbonyl (C=O) groups is 1. The van der Waals surface area contributed by atoms with Crippen molar-refractivity contribution < 1.29 is 4.79 Å². The molecule has 1 amide bonds. The molecule has 1 unspecified atom stereocenters. The summed E-state index contributed by atoms with van der Waals surface area (Å²) in [4.78, 5) is 14.0. The summed E-state index contributed by atoms with van der Waals surface area (Å²) in [6.07, 6.45) is 1.83. The van der Waals surface area contributed by atoms with Crippen LogP contribution < -0.4 is 5.73 Å². The molecule has 3 nitrogen and oxygen atoms in total. The van der Waals surface area contributed by atoms with Gasteiger partial charge in [-0.25, -0.2) is 0 Å². The van der Waals surface area contributed by atoms with Crippen LogP contribution in [0.25, 0.3) is 0 Å². The number of aryl methyl sites for hydroxylation is 1. The van der Waals surface area contributed by atoms with Crippen LogP contribution in [-0.4, -0.2) is 30.4 Å². The molecule has 2 N–H and O–H groups in total. The molecule has 1 aromatic rings. The molecule has 0 aliphatic heterocycles. The van der Waals surface area contributed by atoms with Gasteiger partial charge in [-0.3, -0.25) is 4.79 Å². The minimum atomic E-state index is 0.0682. The number of benzene rings is 1. The maximum absolute atomic E-state index is 12.2. The second kappa shape index (κ2) is 7.29. The van der Waals surface area contributed by atoms with Gasteiger partial charge < -0.3 is 10.6 Å². The zero-order valence-corrected chi connectivity index (χ0v) is 12.5. The molecule has 0 spiro atoms. The van der Waals surface area contributed by atoms with Gasteiger partial charge in [-0.15, -0.1) is 0 Å². The number of hydrogen-bond donors (Lipinski definition) is 1. The van der Waals surface area contributed by atoms with E-state index in [4.69, 9.17) is 5.73 Å². The second-order valence-corrected chi connectivity index (χ2v) is 5.47. The third-order valence-electron chi connectivity index (χ3n) is 3.61. The third kappa shape index (κ3) is 4.67. The van der Waals surface area contributed by atoms with Crippen molar-refractivity contribution in [3.8, 4) is 0 Å². The largest absolute Gasteiger partial charge is 0.342 e. The third-order valence-corrected chi connectivity index (χ3v) is 3.61. The van der Waals surface area contributed by atoms with E-state index in [0.29, 0.717) is 12.5 Å². The Morgan fingerprint density at radius 2 is 1.84 bits per heavy atom. The summed E-state index contributed by atoms with van der Waals surface area (Å²) in [5, 5.41) is 0. The number of hydrogen-bond acceptors (Lipinski definition) is 2. The van der Waals surface area contributed by atoms with Crippen LogP contribution in [0.2, 0.25) is 0 Å². The van der Waals surface area contributed by atoms with E-state index in [1.165, 1.54) is 5.56 Å². The number of carbonyl (C=O) groups excluding carboxylic acids is 1. The minimum Gasteiger partial charge on any atom is -0.342 e. The topological polar surface area (TPSA) is 46.3 Å². The quantitative estimate of drug-likeness (QED) is 0.856. The molecule has 0 aliphatic rings. The van der Waals surface area contributed by atoms with E-state index < -0.39 is 0 Å². The van der Waals surface area contributed by atoms with Gasteiger partial charge in [0.2, 0.25) is 0 Å². The number of rotatable bonds is 6. The van der Waals surface area contributed by atoms with Crippen LogP contribution in [0.5, 0.6) is 0 Å². The van der Waals surface area contributed by atoms with Crippen molar-refractivity contribution in [3.63, 3.8) is 0 Å². The summed E-state index contributed by atoms with van der Waals surface area (Å²) in [6, 6.07) is 7.99. The Labute approximate surface area is 116 Å². The van der Waals surface area contributed by atoms with E-state index in [-0.39, 0.29) is 11.9 Å². The summed E-state index contributed by atoms with van der Waals surface area (Å²) in [5.74, 6) is 0.519. The number of amides is 1. The van der Waals surface area contributed by atoms with Crippen LogP contribution in [0.3, 0.4) is 0 Å². The molecule has 0 heterocycles. The Hall–Kier alpha value is -1.35. The van der Waals surface area contributed by atoms with Crippen LogP contribution in [0.1, 0.15) is 43.1 Å². The lowest BCUT2D eigenvalue weighted by atomic mass is 10.0. The highest BCUT2D eigenvalue weighted by molar-refractivity contribution is 5.94. The molecule has 0 radical (unpaired) electrons. The second-order valence-electron chi connectivity index (χ2n) is 5.47. The normalized spacial score (nSPS) is 12.5. The molecule has 0 bridgehead atoms. The number of nitrogens with two attached hydrogens (primary N) is 1. The van der Waals surface area contributed by atoms with Crippen molar-refractivity contribution in [2.75, 3.05) is 13.6 Å². The highest BCUT2D eigenvalue weighted by Gasteiger charge is 2.14. The number of nitrogens with zero attached hydrogens (tertiary/aromatic N) is 1.